The molecule has 41 heavy (non-hydrogen) atoms. The van der Waals surface area contributed by atoms with Gasteiger partial charge >= 0.3 is 0 Å². The molecular weight excluding hydrogens is 524 g/mol. The Kier molecular flexibility index (Phi) is 10.1. The van der Waals surface area contributed by atoms with Gasteiger partial charge in [-0.3, -0.25) is 19.7 Å². The van der Waals surface area contributed by atoms with Gasteiger partial charge in [-0.2, -0.15) is 0 Å². The highest BCUT2D eigenvalue weighted by atomic mass is 16.6. The van der Waals surface area contributed by atoms with Crippen LogP contribution in [-0.2, 0) is 22.5 Å². The average molecular weight is 559 g/mol. The minimum absolute atomic E-state index is 0.157. The molecule has 1 N–H and O–H groups in total. The molecular formula is C31H34N4O6. The van der Waals surface area contributed by atoms with Crippen LogP contribution < -0.4 is 4.74 Å². The lowest BCUT2D eigenvalue weighted by atomic mass is 10.1. The Hall–Kier alpha value is -4.70. The van der Waals surface area contributed by atoms with Gasteiger partial charge in [-0.05, 0) is 48.2 Å². The molecule has 0 aliphatic heterocycles. The molecule has 10 nitrogen and oxygen atoms in total. The topological polar surface area (TPSA) is 118 Å². The molecule has 0 unspecified atom stereocenters. The van der Waals surface area contributed by atoms with E-state index in [0.717, 1.165) is 27.8 Å². The van der Waals surface area contributed by atoms with Gasteiger partial charge in [-0.15, -0.1) is 0 Å². The molecule has 1 aromatic heterocycles. The number of nitrogens with zero attached hydrogens (tertiary/aromatic N) is 3. The third-order valence-electron chi connectivity index (χ3n) is 6.90. The third-order valence-corrected chi connectivity index (χ3v) is 6.90. The van der Waals surface area contributed by atoms with Gasteiger partial charge in [-0.1, -0.05) is 36.4 Å². The van der Waals surface area contributed by atoms with E-state index in [1.165, 1.54) is 29.2 Å². The Labute approximate surface area is 238 Å². The van der Waals surface area contributed by atoms with E-state index in [2.05, 4.69) is 4.98 Å². The second-order valence-electron chi connectivity index (χ2n) is 9.65. The summed E-state index contributed by atoms with van der Waals surface area (Å²) in [6.45, 7) is 1.28. The number of non-ortho nitro benzene ring substituents is 1. The predicted octanol–water partition coefficient (Wildman–Crippen LogP) is 4.83. The van der Waals surface area contributed by atoms with Crippen molar-refractivity contribution in [3.05, 3.63) is 106 Å². The van der Waals surface area contributed by atoms with Crippen molar-refractivity contribution in [3.63, 3.8) is 0 Å². The van der Waals surface area contributed by atoms with Crippen molar-refractivity contribution < 1.29 is 24.0 Å². The fraction of sp³-hybridized carbons (Fsp3) is 0.290. The van der Waals surface area contributed by atoms with Crippen LogP contribution in [0.5, 0.6) is 5.75 Å². The first-order chi connectivity index (χ1) is 19.9. The minimum atomic E-state index is -0.543. The van der Waals surface area contributed by atoms with E-state index in [4.69, 9.17) is 9.47 Å². The Morgan fingerprint density at radius 2 is 1.73 bits per heavy atom. The quantitative estimate of drug-likeness (QED) is 0.135. The number of hydrogen-bond acceptors (Lipinski definition) is 6. The fourth-order valence-corrected chi connectivity index (χ4v) is 4.69. The summed E-state index contributed by atoms with van der Waals surface area (Å²) in [6.07, 6.45) is 3.09. The van der Waals surface area contributed by atoms with Gasteiger partial charge in [0.15, 0.2) is 0 Å². The summed E-state index contributed by atoms with van der Waals surface area (Å²) < 4.78 is 10.4. The van der Waals surface area contributed by atoms with Crippen LogP contribution in [0.15, 0.2) is 79.0 Å². The van der Waals surface area contributed by atoms with Gasteiger partial charge in [0.1, 0.15) is 12.3 Å². The van der Waals surface area contributed by atoms with Crippen molar-refractivity contribution in [2.24, 2.45) is 0 Å². The maximum absolute atomic E-state index is 13.8. The number of fused-ring (bicyclic) bond motifs is 1. The van der Waals surface area contributed by atoms with Crippen LogP contribution >= 0.6 is 0 Å². The standard InChI is InChI=1S/C31H34N4O6/c1-40-18-6-16-34(31(37)24-7-5-8-26(19-24)35(38)39)22-30(36)33(21-23-11-13-27(41-2)14-12-23)17-15-25-20-32-29-10-4-3-9-28(25)29/h3-5,7-14,19-20,32H,6,15-18,21-22H2,1-2H3. The summed E-state index contributed by atoms with van der Waals surface area (Å²) in [6, 6.07) is 21.1. The molecule has 0 atom stereocenters. The maximum atomic E-state index is 13.8. The Morgan fingerprint density at radius 3 is 2.46 bits per heavy atom. The number of nitro groups is 1. The third kappa shape index (κ3) is 7.70. The van der Waals surface area contributed by atoms with Crippen molar-refractivity contribution in [2.45, 2.75) is 19.4 Å². The number of rotatable bonds is 14. The average Bonchev–Trinajstić information content (AvgIpc) is 3.41. The van der Waals surface area contributed by atoms with Crippen molar-refractivity contribution in [2.75, 3.05) is 40.5 Å². The number of nitrogens with one attached hydrogen (secondary N) is 1. The number of carbonyl (C=O) groups is 2. The molecule has 4 rings (SSSR count). The van der Waals surface area contributed by atoms with Crippen LogP contribution in [0.3, 0.4) is 0 Å². The zero-order valence-corrected chi connectivity index (χ0v) is 23.2. The van der Waals surface area contributed by atoms with Crippen molar-refractivity contribution in [1.82, 2.24) is 14.8 Å². The van der Waals surface area contributed by atoms with Crippen LogP contribution in [0.1, 0.15) is 27.9 Å². The van der Waals surface area contributed by atoms with Gasteiger partial charge in [0.2, 0.25) is 5.91 Å². The summed E-state index contributed by atoms with van der Waals surface area (Å²) in [7, 11) is 3.17. The molecule has 0 radical (unpaired) electrons. The molecule has 3 aromatic carbocycles. The second kappa shape index (κ2) is 14.1. The lowest BCUT2D eigenvalue weighted by Gasteiger charge is -2.28. The maximum Gasteiger partial charge on any atom is 0.270 e. The highest BCUT2D eigenvalue weighted by molar-refractivity contribution is 5.97. The number of para-hydroxylation sites is 1. The van der Waals surface area contributed by atoms with Crippen LogP contribution in [0.25, 0.3) is 10.9 Å². The molecule has 0 fully saturated rings. The SMILES string of the molecule is COCCCN(CC(=O)N(CCc1c[nH]c2ccccc12)Cc1ccc(OC)cc1)C(=O)c1cccc([N+](=O)[O-])c1. The monoisotopic (exact) mass is 558 g/mol. The smallest absolute Gasteiger partial charge is 0.270 e. The zero-order chi connectivity index (χ0) is 29.2. The first-order valence-electron chi connectivity index (χ1n) is 13.4. The number of amides is 2. The zero-order valence-electron chi connectivity index (χ0n) is 23.2. The molecule has 1 heterocycles. The number of ether oxygens (including phenoxy) is 2. The Bertz CT molecular complexity index is 1480. The molecule has 0 aliphatic rings. The number of aromatic amines is 1. The first kappa shape index (κ1) is 29.3. The lowest BCUT2D eigenvalue weighted by molar-refractivity contribution is -0.384. The largest absolute Gasteiger partial charge is 0.497 e. The van der Waals surface area contributed by atoms with Crippen molar-refractivity contribution in [3.8, 4) is 5.75 Å². The molecule has 0 saturated heterocycles. The van der Waals surface area contributed by atoms with Crippen LogP contribution in [0.4, 0.5) is 5.69 Å². The van der Waals surface area contributed by atoms with E-state index in [1.54, 1.807) is 19.1 Å². The highest BCUT2D eigenvalue weighted by Gasteiger charge is 2.24. The number of H-pyrrole nitrogens is 1. The van der Waals surface area contributed by atoms with E-state index in [9.17, 15) is 19.7 Å². The lowest BCUT2D eigenvalue weighted by Crippen LogP contribution is -2.44. The number of hydrogen-bond donors (Lipinski definition) is 1. The van der Waals surface area contributed by atoms with Crippen LogP contribution in [-0.4, -0.2) is 72.0 Å². The van der Waals surface area contributed by atoms with Crippen LogP contribution in [0.2, 0.25) is 0 Å². The summed E-state index contributed by atoms with van der Waals surface area (Å²) in [5, 5.41) is 12.4. The molecule has 0 aliphatic carbocycles. The normalized spacial score (nSPS) is 10.9. The Balaban J connectivity index is 1.56. The summed E-state index contributed by atoms with van der Waals surface area (Å²) in [4.78, 5) is 44.5. The molecule has 2 amide bonds. The molecule has 214 valence electrons. The number of benzene rings is 3. The van der Waals surface area contributed by atoms with Crippen LogP contribution in [0, 0.1) is 10.1 Å². The number of carbonyl (C=O) groups excluding carboxylic acids is 2. The van der Waals surface area contributed by atoms with Gasteiger partial charge in [0.05, 0.1) is 12.0 Å². The fourth-order valence-electron chi connectivity index (χ4n) is 4.69. The van der Waals surface area contributed by atoms with Gasteiger partial charge in [0.25, 0.3) is 11.6 Å². The van der Waals surface area contributed by atoms with E-state index in [-0.39, 0.29) is 30.2 Å². The summed E-state index contributed by atoms with van der Waals surface area (Å²) in [5.74, 6) is 0.0494. The number of methoxy groups -OCH3 is 2. The van der Waals surface area contributed by atoms with Crippen molar-refractivity contribution in [1.29, 1.82) is 0 Å². The van der Waals surface area contributed by atoms with E-state index < -0.39 is 10.8 Å². The van der Waals surface area contributed by atoms with Gasteiger partial charge in [-0.25, -0.2) is 0 Å². The molecule has 0 spiro atoms. The molecule has 0 bridgehead atoms. The molecule has 4 aromatic rings. The van der Waals surface area contributed by atoms with E-state index in [0.29, 0.717) is 32.5 Å². The predicted molar refractivity (Wildman–Crippen MR) is 156 cm³/mol. The van der Waals surface area contributed by atoms with Crippen molar-refractivity contribution >= 4 is 28.4 Å². The molecule has 10 heteroatoms. The van der Waals surface area contributed by atoms with E-state index in [1.807, 2.05) is 54.7 Å². The number of nitro benzene ring substituents is 1. The van der Waals surface area contributed by atoms with Gasteiger partial charge in [0, 0.05) is 68.1 Å². The highest BCUT2D eigenvalue weighted by Crippen LogP contribution is 2.20. The Morgan fingerprint density at radius 1 is 0.951 bits per heavy atom. The minimum Gasteiger partial charge on any atom is -0.497 e. The first-order valence-corrected chi connectivity index (χ1v) is 13.4. The van der Waals surface area contributed by atoms with E-state index >= 15 is 0 Å². The molecule has 0 saturated carbocycles. The number of aromatic nitrogens is 1. The van der Waals surface area contributed by atoms with Gasteiger partial charge < -0.3 is 24.3 Å². The second-order valence-corrected chi connectivity index (χ2v) is 9.65. The summed E-state index contributed by atoms with van der Waals surface area (Å²) >= 11 is 0. The summed E-state index contributed by atoms with van der Waals surface area (Å²) in [5.41, 5.74) is 3.03.